The zero-order valence-corrected chi connectivity index (χ0v) is 14.7. The van der Waals surface area contributed by atoms with E-state index in [0.29, 0.717) is 22.4 Å². The molecule has 1 aromatic carbocycles. The monoisotopic (exact) mass is 352 g/mol. The van der Waals surface area contributed by atoms with Gasteiger partial charge in [-0.3, -0.25) is 9.78 Å². The van der Waals surface area contributed by atoms with E-state index in [1.165, 1.54) is 12.5 Å². The predicted octanol–water partition coefficient (Wildman–Crippen LogP) is 5.00. The third-order valence-electron chi connectivity index (χ3n) is 5.01. The van der Waals surface area contributed by atoms with E-state index in [1.807, 2.05) is 13.0 Å². The zero-order chi connectivity index (χ0) is 18.1. The number of pyridine rings is 1. The van der Waals surface area contributed by atoms with Crippen molar-refractivity contribution >= 4 is 16.9 Å². The number of amides is 1. The predicted molar refractivity (Wildman–Crippen MR) is 98.5 cm³/mol. The number of furan rings is 1. The number of halogens is 1. The minimum absolute atomic E-state index is 0.197. The molecule has 0 aliphatic heterocycles. The first kappa shape index (κ1) is 16.8. The molecule has 0 spiro atoms. The number of aryl methyl sites for hydroxylation is 1. The Morgan fingerprint density at radius 1 is 1.19 bits per heavy atom. The van der Waals surface area contributed by atoms with Crippen molar-refractivity contribution in [2.45, 2.75) is 45.1 Å². The number of hydrogen-bond acceptors (Lipinski definition) is 3. The standard InChI is InChI=1S/C21H21FN2O2/c1-13-11-19-17(9-10-26-19)20(23-13)16-8-7-14(12-18(16)22)21(25)24-15-5-3-2-4-6-15/h7-12,15H,2-6H2,1H3,(H,24,25). The second-order valence-electron chi connectivity index (χ2n) is 6.95. The molecule has 2 aromatic heterocycles. The second-order valence-corrected chi connectivity index (χ2v) is 6.95. The average Bonchev–Trinajstić information content (AvgIpc) is 3.10. The summed E-state index contributed by atoms with van der Waals surface area (Å²) in [5.41, 5.74) is 2.67. The molecule has 134 valence electrons. The number of aromatic nitrogens is 1. The maximum Gasteiger partial charge on any atom is 0.251 e. The van der Waals surface area contributed by atoms with Crippen molar-refractivity contribution in [1.82, 2.24) is 10.3 Å². The Morgan fingerprint density at radius 3 is 2.77 bits per heavy atom. The normalized spacial score (nSPS) is 15.3. The van der Waals surface area contributed by atoms with E-state index in [0.717, 1.165) is 36.8 Å². The van der Waals surface area contributed by atoms with Gasteiger partial charge >= 0.3 is 0 Å². The Labute approximate surface area is 151 Å². The second kappa shape index (κ2) is 6.90. The summed E-state index contributed by atoms with van der Waals surface area (Å²) in [6.07, 6.45) is 7.06. The molecule has 2 heterocycles. The van der Waals surface area contributed by atoms with Crippen LogP contribution < -0.4 is 5.32 Å². The number of carbonyl (C=O) groups excluding carboxylic acids is 1. The largest absolute Gasteiger partial charge is 0.464 e. The average molecular weight is 352 g/mol. The van der Waals surface area contributed by atoms with Crippen LogP contribution in [0.2, 0.25) is 0 Å². The Balaban J connectivity index is 1.63. The molecular formula is C21H21FN2O2. The van der Waals surface area contributed by atoms with Gasteiger partial charge in [-0.05, 0) is 44.0 Å². The van der Waals surface area contributed by atoms with Crippen LogP contribution >= 0.6 is 0 Å². The Hall–Kier alpha value is -2.69. The lowest BCUT2D eigenvalue weighted by molar-refractivity contribution is 0.0927. The topological polar surface area (TPSA) is 55.1 Å². The van der Waals surface area contributed by atoms with Gasteiger partial charge in [-0.1, -0.05) is 19.3 Å². The van der Waals surface area contributed by atoms with Crippen LogP contribution in [0.15, 0.2) is 41.0 Å². The van der Waals surface area contributed by atoms with Crippen molar-refractivity contribution in [1.29, 1.82) is 0 Å². The van der Waals surface area contributed by atoms with Gasteiger partial charge in [-0.15, -0.1) is 0 Å². The van der Waals surface area contributed by atoms with Gasteiger partial charge < -0.3 is 9.73 Å². The van der Waals surface area contributed by atoms with E-state index in [4.69, 9.17) is 4.42 Å². The minimum Gasteiger partial charge on any atom is -0.464 e. The SMILES string of the molecule is Cc1cc2occc2c(-c2ccc(C(=O)NC3CCCCC3)cc2F)n1. The van der Waals surface area contributed by atoms with Crippen LogP contribution in [-0.4, -0.2) is 16.9 Å². The van der Waals surface area contributed by atoms with Gasteiger partial charge in [0.05, 0.1) is 12.0 Å². The number of rotatable bonds is 3. The minimum atomic E-state index is -0.457. The highest BCUT2D eigenvalue weighted by Crippen LogP contribution is 2.30. The van der Waals surface area contributed by atoms with Gasteiger partial charge in [0.25, 0.3) is 5.91 Å². The van der Waals surface area contributed by atoms with Crippen molar-refractivity contribution in [2.75, 3.05) is 0 Å². The molecule has 1 aliphatic rings. The summed E-state index contributed by atoms with van der Waals surface area (Å²) in [4.78, 5) is 16.9. The summed E-state index contributed by atoms with van der Waals surface area (Å²) in [5.74, 6) is -0.671. The molecule has 0 radical (unpaired) electrons. The van der Waals surface area contributed by atoms with Crippen molar-refractivity contribution in [3.63, 3.8) is 0 Å². The van der Waals surface area contributed by atoms with E-state index in [2.05, 4.69) is 10.3 Å². The first-order valence-corrected chi connectivity index (χ1v) is 9.07. The molecule has 0 saturated heterocycles. The maximum atomic E-state index is 14.8. The van der Waals surface area contributed by atoms with Crippen LogP contribution in [0.1, 0.15) is 48.2 Å². The molecule has 4 rings (SSSR count). The first-order chi connectivity index (χ1) is 12.6. The fraction of sp³-hybridized carbons (Fsp3) is 0.333. The van der Waals surface area contributed by atoms with Gasteiger partial charge in [0.2, 0.25) is 0 Å². The number of carbonyl (C=O) groups is 1. The number of nitrogens with zero attached hydrogens (tertiary/aromatic N) is 1. The van der Waals surface area contributed by atoms with Crippen molar-refractivity contribution in [3.8, 4) is 11.3 Å². The van der Waals surface area contributed by atoms with Crippen molar-refractivity contribution in [3.05, 3.63) is 53.7 Å². The van der Waals surface area contributed by atoms with Crippen molar-refractivity contribution in [2.24, 2.45) is 0 Å². The number of hydrogen-bond donors (Lipinski definition) is 1. The molecule has 1 N–H and O–H groups in total. The highest BCUT2D eigenvalue weighted by Gasteiger charge is 2.19. The lowest BCUT2D eigenvalue weighted by Gasteiger charge is -2.22. The Kier molecular flexibility index (Phi) is 4.45. The highest BCUT2D eigenvalue weighted by molar-refractivity contribution is 5.96. The molecule has 3 aromatic rings. The third-order valence-corrected chi connectivity index (χ3v) is 5.01. The van der Waals surface area contributed by atoms with E-state index < -0.39 is 5.82 Å². The van der Waals surface area contributed by atoms with Crippen LogP contribution in [0.4, 0.5) is 4.39 Å². The molecule has 1 aliphatic carbocycles. The Morgan fingerprint density at radius 2 is 2.00 bits per heavy atom. The van der Waals surface area contributed by atoms with Gasteiger partial charge in [0, 0.05) is 34.3 Å². The van der Waals surface area contributed by atoms with Crippen LogP contribution in [0.5, 0.6) is 0 Å². The first-order valence-electron chi connectivity index (χ1n) is 9.07. The van der Waals surface area contributed by atoms with Crippen LogP contribution in [0.3, 0.4) is 0 Å². The summed E-state index contributed by atoms with van der Waals surface area (Å²) < 4.78 is 20.2. The summed E-state index contributed by atoms with van der Waals surface area (Å²) in [7, 11) is 0. The lowest BCUT2D eigenvalue weighted by atomic mass is 9.95. The summed E-state index contributed by atoms with van der Waals surface area (Å²) >= 11 is 0. The molecule has 5 heteroatoms. The van der Waals surface area contributed by atoms with E-state index >= 15 is 0 Å². The molecular weight excluding hydrogens is 331 g/mol. The summed E-state index contributed by atoms with van der Waals surface area (Å²) in [5, 5.41) is 3.78. The molecule has 4 nitrogen and oxygen atoms in total. The van der Waals surface area contributed by atoms with Crippen LogP contribution in [0, 0.1) is 12.7 Å². The van der Waals surface area contributed by atoms with E-state index in [9.17, 15) is 9.18 Å². The molecule has 0 bridgehead atoms. The highest BCUT2D eigenvalue weighted by atomic mass is 19.1. The molecule has 0 atom stereocenters. The van der Waals surface area contributed by atoms with Crippen LogP contribution in [0.25, 0.3) is 22.2 Å². The van der Waals surface area contributed by atoms with Gasteiger partial charge in [-0.2, -0.15) is 0 Å². The summed E-state index contributed by atoms with van der Waals surface area (Å²) in [6.45, 7) is 1.84. The maximum absolute atomic E-state index is 14.8. The molecule has 0 unspecified atom stereocenters. The molecule has 1 saturated carbocycles. The number of nitrogens with one attached hydrogen (secondary N) is 1. The molecule has 26 heavy (non-hydrogen) atoms. The number of fused-ring (bicyclic) bond motifs is 1. The third kappa shape index (κ3) is 3.21. The zero-order valence-electron chi connectivity index (χ0n) is 14.7. The molecule has 1 amide bonds. The fourth-order valence-corrected chi connectivity index (χ4v) is 3.66. The number of benzene rings is 1. The van der Waals surface area contributed by atoms with E-state index in [1.54, 1.807) is 24.5 Å². The quantitative estimate of drug-likeness (QED) is 0.721. The van der Waals surface area contributed by atoms with Gasteiger partial charge in [0.1, 0.15) is 11.4 Å². The Bertz CT molecular complexity index is 958. The van der Waals surface area contributed by atoms with E-state index in [-0.39, 0.29) is 11.9 Å². The fourth-order valence-electron chi connectivity index (χ4n) is 3.66. The summed E-state index contributed by atoms with van der Waals surface area (Å²) in [6, 6.07) is 8.38. The van der Waals surface area contributed by atoms with Crippen molar-refractivity contribution < 1.29 is 13.6 Å². The van der Waals surface area contributed by atoms with Gasteiger partial charge in [0.15, 0.2) is 0 Å². The molecule has 1 fully saturated rings. The smallest absolute Gasteiger partial charge is 0.251 e. The lowest BCUT2D eigenvalue weighted by Crippen LogP contribution is -2.36. The van der Waals surface area contributed by atoms with Crippen LogP contribution in [-0.2, 0) is 0 Å². The van der Waals surface area contributed by atoms with Gasteiger partial charge in [-0.25, -0.2) is 4.39 Å².